The maximum Gasteiger partial charge on any atom is 0.373 e. The maximum atomic E-state index is 12.8. The molecule has 2 heterocycles. The van der Waals surface area contributed by atoms with Crippen LogP contribution in [-0.4, -0.2) is 43.6 Å². The number of imide groups is 1. The van der Waals surface area contributed by atoms with Crippen LogP contribution >= 0.6 is 15.9 Å². The highest BCUT2D eigenvalue weighted by molar-refractivity contribution is 9.10. The average molecular weight is 491 g/mol. The molecule has 162 valence electrons. The van der Waals surface area contributed by atoms with Gasteiger partial charge in [0.25, 0.3) is 5.91 Å². The average Bonchev–Trinajstić information content (AvgIpc) is 3.32. The number of ether oxygens (including phenoxy) is 3. The number of rotatable bonds is 8. The normalized spacial score (nSPS) is 14.5. The Bertz CT molecular complexity index is 1070. The van der Waals surface area contributed by atoms with Crippen LogP contribution < -0.4 is 14.8 Å². The van der Waals surface area contributed by atoms with Crippen LogP contribution in [0.1, 0.15) is 21.9 Å². The topological polar surface area (TPSA) is 107 Å². The zero-order valence-electron chi connectivity index (χ0n) is 16.8. The van der Waals surface area contributed by atoms with Crippen molar-refractivity contribution >= 4 is 39.9 Å². The summed E-state index contributed by atoms with van der Waals surface area (Å²) >= 11 is 3.39. The predicted molar refractivity (Wildman–Crippen MR) is 113 cm³/mol. The Kier molecular flexibility index (Phi) is 6.81. The van der Waals surface area contributed by atoms with Crippen molar-refractivity contribution in [2.45, 2.75) is 6.54 Å². The van der Waals surface area contributed by atoms with Crippen LogP contribution in [0.15, 0.2) is 51.5 Å². The van der Waals surface area contributed by atoms with Crippen LogP contribution in [0.3, 0.4) is 0 Å². The fourth-order valence-corrected chi connectivity index (χ4v) is 3.30. The van der Waals surface area contributed by atoms with E-state index < -0.39 is 17.9 Å². The molecule has 3 rings (SSSR count). The van der Waals surface area contributed by atoms with Crippen molar-refractivity contribution in [2.24, 2.45) is 0 Å². The zero-order valence-corrected chi connectivity index (χ0v) is 18.4. The number of amides is 3. The Labute approximate surface area is 186 Å². The number of carbonyl (C=O) groups is 3. The van der Waals surface area contributed by atoms with Crippen molar-refractivity contribution in [3.8, 4) is 11.5 Å². The minimum Gasteiger partial charge on any atom is -0.493 e. The smallest absolute Gasteiger partial charge is 0.373 e. The lowest BCUT2D eigenvalue weighted by atomic mass is 10.1. The summed E-state index contributed by atoms with van der Waals surface area (Å²) in [6.45, 7) is 3.70. The number of nitrogens with zero attached hydrogens (tertiary/aromatic N) is 1. The Balaban J connectivity index is 1.88. The first-order valence-electron chi connectivity index (χ1n) is 9.00. The molecule has 1 aliphatic rings. The molecule has 2 aromatic rings. The largest absolute Gasteiger partial charge is 0.493 e. The van der Waals surface area contributed by atoms with Crippen molar-refractivity contribution in [1.29, 1.82) is 0 Å². The van der Waals surface area contributed by atoms with Gasteiger partial charge in [-0.1, -0.05) is 28.6 Å². The summed E-state index contributed by atoms with van der Waals surface area (Å²) in [4.78, 5) is 37.7. The summed E-state index contributed by atoms with van der Waals surface area (Å²) in [5, 5.41) is 2.54. The van der Waals surface area contributed by atoms with Gasteiger partial charge in [-0.05, 0) is 30.3 Å². The standard InChI is InChI=1S/C21H19BrN2O7/c1-4-7-30-18-12(8-13(22)10-17(18)28-2)9-15-19(25)24(21(27)23-15)11-14-5-6-16(31-14)20(26)29-3/h4-6,8-10H,1,7,11H2,2-3H3,(H,23,27)/b15-9-. The van der Waals surface area contributed by atoms with E-state index in [2.05, 4.69) is 32.6 Å². The SMILES string of the molecule is C=CCOc1c(/C=C2\NC(=O)N(Cc3ccc(C(=O)OC)o3)C2=O)cc(Br)cc1OC. The molecular formula is C21H19BrN2O7. The second-order valence-corrected chi connectivity index (χ2v) is 7.18. The summed E-state index contributed by atoms with van der Waals surface area (Å²) < 4.78 is 21.7. The third-order valence-corrected chi connectivity index (χ3v) is 4.70. The van der Waals surface area contributed by atoms with E-state index >= 15 is 0 Å². The number of furan rings is 1. The summed E-state index contributed by atoms with van der Waals surface area (Å²) in [5.74, 6) is -0.140. The van der Waals surface area contributed by atoms with E-state index in [4.69, 9.17) is 13.9 Å². The van der Waals surface area contributed by atoms with Gasteiger partial charge in [-0.3, -0.25) is 9.69 Å². The Hall–Kier alpha value is -3.53. The number of urea groups is 1. The number of hydrogen-bond acceptors (Lipinski definition) is 7. The van der Waals surface area contributed by atoms with E-state index in [1.54, 1.807) is 18.2 Å². The van der Waals surface area contributed by atoms with Gasteiger partial charge >= 0.3 is 12.0 Å². The van der Waals surface area contributed by atoms with E-state index in [9.17, 15) is 14.4 Å². The summed E-state index contributed by atoms with van der Waals surface area (Å²) in [7, 11) is 2.72. The summed E-state index contributed by atoms with van der Waals surface area (Å²) in [6.07, 6.45) is 3.07. The minimum atomic E-state index is -0.653. The molecule has 1 aromatic carbocycles. The lowest BCUT2D eigenvalue weighted by molar-refractivity contribution is -0.123. The number of nitrogens with one attached hydrogen (secondary N) is 1. The van der Waals surface area contributed by atoms with Gasteiger partial charge < -0.3 is 23.9 Å². The van der Waals surface area contributed by atoms with Gasteiger partial charge in [-0.2, -0.15) is 0 Å². The minimum absolute atomic E-state index is 0.0226. The Morgan fingerprint density at radius 1 is 1.29 bits per heavy atom. The predicted octanol–water partition coefficient (Wildman–Crippen LogP) is 3.50. The van der Waals surface area contributed by atoms with Gasteiger partial charge in [0.15, 0.2) is 11.5 Å². The Morgan fingerprint density at radius 3 is 2.74 bits per heavy atom. The first kappa shape index (κ1) is 22.2. The first-order chi connectivity index (χ1) is 14.9. The van der Waals surface area contributed by atoms with Gasteiger partial charge in [0.05, 0.1) is 20.8 Å². The molecule has 0 atom stereocenters. The van der Waals surface area contributed by atoms with Gasteiger partial charge in [0, 0.05) is 10.0 Å². The maximum absolute atomic E-state index is 12.8. The van der Waals surface area contributed by atoms with Crippen LogP contribution in [0, 0.1) is 0 Å². The number of halogens is 1. The molecule has 0 radical (unpaired) electrons. The molecular weight excluding hydrogens is 472 g/mol. The van der Waals surface area contributed by atoms with E-state index in [1.165, 1.54) is 32.4 Å². The highest BCUT2D eigenvalue weighted by atomic mass is 79.9. The molecule has 1 saturated heterocycles. The fraction of sp³-hybridized carbons (Fsp3) is 0.190. The third kappa shape index (κ3) is 4.80. The summed E-state index contributed by atoms with van der Waals surface area (Å²) in [6, 6.07) is 5.73. The van der Waals surface area contributed by atoms with E-state index in [0.717, 1.165) is 4.90 Å². The van der Waals surface area contributed by atoms with Crippen LogP contribution in [0.5, 0.6) is 11.5 Å². The third-order valence-electron chi connectivity index (χ3n) is 4.24. The molecule has 31 heavy (non-hydrogen) atoms. The number of methoxy groups -OCH3 is 2. The second kappa shape index (κ2) is 9.52. The van der Waals surface area contributed by atoms with Crippen molar-refractivity contribution in [1.82, 2.24) is 10.2 Å². The number of hydrogen-bond donors (Lipinski definition) is 1. The lowest BCUT2D eigenvalue weighted by Gasteiger charge is -2.13. The molecule has 0 unspecified atom stereocenters. The highest BCUT2D eigenvalue weighted by Gasteiger charge is 2.34. The van der Waals surface area contributed by atoms with Gasteiger partial charge in [-0.25, -0.2) is 9.59 Å². The molecule has 0 spiro atoms. The first-order valence-corrected chi connectivity index (χ1v) is 9.80. The molecule has 1 N–H and O–H groups in total. The lowest BCUT2D eigenvalue weighted by Crippen LogP contribution is -2.30. The van der Waals surface area contributed by atoms with Gasteiger partial charge in [-0.15, -0.1) is 0 Å². The molecule has 0 saturated carbocycles. The molecule has 0 aliphatic carbocycles. The Morgan fingerprint density at radius 2 is 2.06 bits per heavy atom. The molecule has 3 amide bonds. The molecule has 10 heteroatoms. The van der Waals surface area contributed by atoms with Gasteiger partial charge in [0.1, 0.15) is 18.1 Å². The number of benzene rings is 1. The highest BCUT2D eigenvalue weighted by Crippen LogP contribution is 2.36. The van der Waals surface area contributed by atoms with E-state index in [0.29, 0.717) is 21.5 Å². The number of esters is 1. The van der Waals surface area contributed by atoms with Crippen molar-refractivity contribution < 1.29 is 33.0 Å². The fourth-order valence-electron chi connectivity index (χ4n) is 2.84. The molecule has 1 fully saturated rings. The number of carbonyl (C=O) groups excluding carboxylic acids is 3. The van der Waals surface area contributed by atoms with Gasteiger partial charge in [0.2, 0.25) is 5.76 Å². The van der Waals surface area contributed by atoms with Crippen molar-refractivity contribution in [3.05, 3.63) is 64.2 Å². The molecule has 0 bridgehead atoms. The van der Waals surface area contributed by atoms with Crippen LogP contribution in [0.4, 0.5) is 4.79 Å². The van der Waals surface area contributed by atoms with Crippen LogP contribution in [0.2, 0.25) is 0 Å². The molecule has 1 aromatic heterocycles. The van der Waals surface area contributed by atoms with Crippen LogP contribution in [-0.2, 0) is 16.1 Å². The second-order valence-electron chi connectivity index (χ2n) is 6.26. The zero-order chi connectivity index (χ0) is 22.5. The molecule has 1 aliphatic heterocycles. The monoisotopic (exact) mass is 490 g/mol. The van der Waals surface area contributed by atoms with Crippen molar-refractivity contribution in [2.75, 3.05) is 20.8 Å². The summed E-state index contributed by atoms with van der Waals surface area (Å²) in [5.41, 5.74) is 0.568. The van der Waals surface area contributed by atoms with Crippen LogP contribution in [0.25, 0.3) is 6.08 Å². The quantitative estimate of drug-likeness (QED) is 0.261. The van der Waals surface area contributed by atoms with Crippen molar-refractivity contribution in [3.63, 3.8) is 0 Å². The van der Waals surface area contributed by atoms with E-state index in [-0.39, 0.29) is 30.4 Å². The molecule has 9 nitrogen and oxygen atoms in total. The van der Waals surface area contributed by atoms with E-state index in [1.807, 2.05) is 0 Å².